The number of ether oxygens (including phenoxy) is 3. The quantitative estimate of drug-likeness (QED) is 0.389. The van der Waals surface area contributed by atoms with Crippen LogP contribution in [0.2, 0.25) is 5.02 Å². The second-order valence-electron chi connectivity index (χ2n) is 8.54. The van der Waals surface area contributed by atoms with Gasteiger partial charge >= 0.3 is 0 Å². The molecule has 3 aromatic carbocycles. The Labute approximate surface area is 205 Å². The van der Waals surface area contributed by atoms with Gasteiger partial charge in [-0.3, -0.25) is 0 Å². The van der Waals surface area contributed by atoms with Crippen molar-refractivity contribution in [3.05, 3.63) is 99.8 Å². The molecule has 4 nitrogen and oxygen atoms in total. The zero-order valence-electron chi connectivity index (χ0n) is 19.3. The highest BCUT2D eigenvalue weighted by Gasteiger charge is 2.31. The number of hydrogen-bond acceptors (Lipinski definition) is 4. The van der Waals surface area contributed by atoms with Crippen LogP contribution in [-0.4, -0.2) is 30.5 Å². The molecule has 0 saturated carbocycles. The average Bonchev–Trinajstić information content (AvgIpc) is 2.86. The molecular formula is C28H30ClFO4. The Bertz CT molecular complexity index is 1080. The average molecular weight is 485 g/mol. The molecule has 0 amide bonds. The second kappa shape index (κ2) is 11.8. The van der Waals surface area contributed by atoms with Gasteiger partial charge in [-0.15, -0.1) is 0 Å². The third-order valence-electron chi connectivity index (χ3n) is 6.02. The highest BCUT2D eigenvalue weighted by molar-refractivity contribution is 6.31. The monoisotopic (exact) mass is 484 g/mol. The molecule has 6 heteroatoms. The highest BCUT2D eigenvalue weighted by atomic mass is 35.5. The van der Waals surface area contributed by atoms with Gasteiger partial charge in [0.15, 0.2) is 11.6 Å². The van der Waals surface area contributed by atoms with Gasteiger partial charge in [-0.05, 0) is 53.8 Å². The van der Waals surface area contributed by atoms with Crippen molar-refractivity contribution in [1.29, 1.82) is 0 Å². The maximum Gasteiger partial charge on any atom is 0.165 e. The SMILES string of the molecule is CCOc1ccc(Cc2cc(C3CC(OCc4ccccc4)CC(CO)O3)ccc2Cl)cc1F. The lowest BCUT2D eigenvalue weighted by Gasteiger charge is -2.35. The molecule has 0 spiro atoms. The first kappa shape index (κ1) is 24.7. The van der Waals surface area contributed by atoms with Crippen LogP contribution >= 0.6 is 11.6 Å². The summed E-state index contributed by atoms with van der Waals surface area (Å²) < 4.78 is 31.9. The molecule has 1 aliphatic rings. The van der Waals surface area contributed by atoms with E-state index in [-0.39, 0.29) is 36.5 Å². The number of rotatable bonds is 9. The summed E-state index contributed by atoms with van der Waals surface area (Å²) in [5, 5.41) is 10.4. The number of benzene rings is 3. The first-order valence-corrected chi connectivity index (χ1v) is 12.0. The van der Waals surface area contributed by atoms with Crippen LogP contribution in [-0.2, 0) is 22.5 Å². The lowest BCUT2D eigenvalue weighted by atomic mass is 9.93. The van der Waals surface area contributed by atoms with Gasteiger partial charge in [0.1, 0.15) is 0 Å². The third kappa shape index (κ3) is 6.36. The molecule has 0 aliphatic carbocycles. The molecule has 1 aliphatic heterocycles. The van der Waals surface area contributed by atoms with Gasteiger partial charge < -0.3 is 19.3 Å². The van der Waals surface area contributed by atoms with Gasteiger partial charge in [-0.1, -0.05) is 60.1 Å². The fourth-order valence-corrected chi connectivity index (χ4v) is 4.49. The van der Waals surface area contributed by atoms with Crippen LogP contribution in [0.4, 0.5) is 4.39 Å². The van der Waals surface area contributed by atoms with Crippen LogP contribution in [0, 0.1) is 5.82 Å². The minimum atomic E-state index is -0.383. The van der Waals surface area contributed by atoms with E-state index >= 15 is 0 Å². The summed E-state index contributed by atoms with van der Waals surface area (Å²) in [5.74, 6) is -0.135. The summed E-state index contributed by atoms with van der Waals surface area (Å²) >= 11 is 6.48. The molecule has 4 rings (SSSR count). The molecular weight excluding hydrogens is 455 g/mol. The van der Waals surface area contributed by atoms with Crippen LogP contribution in [0.25, 0.3) is 0 Å². The Hall–Kier alpha value is -2.44. The minimum absolute atomic E-state index is 0.0320. The second-order valence-corrected chi connectivity index (χ2v) is 8.95. The molecule has 180 valence electrons. The Morgan fingerprint density at radius 3 is 2.59 bits per heavy atom. The molecule has 0 radical (unpaired) electrons. The normalized spacial score (nSPS) is 20.3. The first-order chi connectivity index (χ1) is 16.6. The topological polar surface area (TPSA) is 47.9 Å². The molecule has 1 N–H and O–H groups in total. The summed E-state index contributed by atoms with van der Waals surface area (Å²) in [6, 6.07) is 20.8. The lowest BCUT2D eigenvalue weighted by molar-refractivity contribution is -0.133. The standard InChI is InChI=1S/C28H30ClFO4/c1-2-32-27-11-8-20(13-26(27)30)12-22-14-21(9-10-25(22)29)28-16-23(15-24(17-31)34-28)33-18-19-6-4-3-5-7-19/h3-11,13-14,23-24,28,31H,2,12,15-18H2,1H3. The lowest BCUT2D eigenvalue weighted by Crippen LogP contribution is -2.35. The van der Waals surface area contributed by atoms with E-state index in [1.165, 1.54) is 6.07 Å². The Morgan fingerprint density at radius 1 is 1.03 bits per heavy atom. The summed E-state index contributed by atoms with van der Waals surface area (Å²) in [4.78, 5) is 0. The summed E-state index contributed by atoms with van der Waals surface area (Å²) in [5.41, 5.74) is 3.78. The molecule has 0 bridgehead atoms. The predicted molar refractivity (Wildman–Crippen MR) is 131 cm³/mol. The van der Waals surface area contributed by atoms with Crippen molar-refractivity contribution in [2.75, 3.05) is 13.2 Å². The Kier molecular flexibility index (Phi) is 8.57. The predicted octanol–water partition coefficient (Wildman–Crippen LogP) is 6.27. The fraction of sp³-hybridized carbons (Fsp3) is 0.357. The van der Waals surface area contributed by atoms with E-state index in [1.807, 2.05) is 61.5 Å². The molecule has 1 heterocycles. The number of halogens is 2. The third-order valence-corrected chi connectivity index (χ3v) is 6.39. The van der Waals surface area contributed by atoms with Gasteiger partial charge in [0.2, 0.25) is 0 Å². The summed E-state index contributed by atoms with van der Waals surface area (Å²) in [6.45, 7) is 2.69. The molecule has 3 unspecified atom stereocenters. The summed E-state index contributed by atoms with van der Waals surface area (Å²) in [6.07, 6.45) is 1.27. The smallest absolute Gasteiger partial charge is 0.165 e. The van der Waals surface area contributed by atoms with Gasteiger partial charge in [0, 0.05) is 17.9 Å². The van der Waals surface area contributed by atoms with E-state index in [0.29, 0.717) is 37.5 Å². The van der Waals surface area contributed by atoms with E-state index in [9.17, 15) is 9.50 Å². The maximum absolute atomic E-state index is 14.3. The van der Waals surface area contributed by atoms with Crippen LogP contribution < -0.4 is 4.74 Å². The molecule has 3 aromatic rings. The van der Waals surface area contributed by atoms with Crippen molar-refractivity contribution >= 4 is 11.6 Å². The van der Waals surface area contributed by atoms with Crippen LogP contribution in [0.3, 0.4) is 0 Å². The van der Waals surface area contributed by atoms with E-state index < -0.39 is 0 Å². The zero-order chi connectivity index (χ0) is 23.9. The Balaban J connectivity index is 1.48. The number of aliphatic hydroxyl groups excluding tert-OH is 1. The van der Waals surface area contributed by atoms with Crippen LogP contribution in [0.15, 0.2) is 66.7 Å². The van der Waals surface area contributed by atoms with Crippen molar-refractivity contribution in [3.8, 4) is 5.75 Å². The molecule has 3 atom stereocenters. The highest BCUT2D eigenvalue weighted by Crippen LogP contribution is 2.35. The van der Waals surface area contributed by atoms with Crippen molar-refractivity contribution in [3.63, 3.8) is 0 Å². The molecule has 34 heavy (non-hydrogen) atoms. The van der Waals surface area contributed by atoms with Crippen LogP contribution in [0.5, 0.6) is 5.75 Å². The van der Waals surface area contributed by atoms with Crippen molar-refractivity contribution in [2.45, 2.75) is 51.1 Å². The molecule has 1 saturated heterocycles. The number of hydrogen-bond donors (Lipinski definition) is 1. The summed E-state index contributed by atoms with van der Waals surface area (Å²) in [7, 11) is 0. The first-order valence-electron chi connectivity index (χ1n) is 11.7. The van der Waals surface area contributed by atoms with Gasteiger partial charge in [-0.25, -0.2) is 4.39 Å². The van der Waals surface area contributed by atoms with E-state index in [0.717, 1.165) is 22.3 Å². The molecule has 1 fully saturated rings. The van der Waals surface area contributed by atoms with Crippen LogP contribution in [0.1, 0.15) is 48.1 Å². The van der Waals surface area contributed by atoms with Crippen molar-refractivity contribution in [2.24, 2.45) is 0 Å². The van der Waals surface area contributed by atoms with Gasteiger partial charge in [0.05, 0.1) is 38.1 Å². The fourth-order valence-electron chi connectivity index (χ4n) is 4.31. The van der Waals surface area contributed by atoms with Crippen molar-refractivity contribution < 1.29 is 23.7 Å². The largest absolute Gasteiger partial charge is 0.491 e. The van der Waals surface area contributed by atoms with E-state index in [1.54, 1.807) is 6.07 Å². The number of aliphatic hydroxyl groups is 1. The van der Waals surface area contributed by atoms with Gasteiger partial charge in [0.25, 0.3) is 0 Å². The Morgan fingerprint density at radius 2 is 1.85 bits per heavy atom. The van der Waals surface area contributed by atoms with E-state index in [2.05, 4.69) is 0 Å². The molecule has 0 aromatic heterocycles. The maximum atomic E-state index is 14.3. The van der Waals surface area contributed by atoms with E-state index in [4.69, 9.17) is 25.8 Å². The van der Waals surface area contributed by atoms with Gasteiger partial charge in [-0.2, -0.15) is 0 Å². The minimum Gasteiger partial charge on any atom is -0.491 e. The van der Waals surface area contributed by atoms with Crippen molar-refractivity contribution in [1.82, 2.24) is 0 Å². The zero-order valence-corrected chi connectivity index (χ0v) is 20.0.